The number of nitrogens with zero attached hydrogens (tertiary/aromatic N) is 1. The molecule has 100 valence electrons. The molecule has 1 aromatic carbocycles. The summed E-state index contributed by atoms with van der Waals surface area (Å²) >= 11 is 5.88. The number of halogens is 1. The van der Waals surface area contributed by atoms with Crippen LogP contribution in [-0.2, 0) is 0 Å². The van der Waals surface area contributed by atoms with Crippen molar-refractivity contribution >= 4 is 11.6 Å². The highest BCUT2D eigenvalue weighted by molar-refractivity contribution is 6.30. The molecule has 0 spiro atoms. The fraction of sp³-hybridized carbons (Fsp3) is 0.214. The summed E-state index contributed by atoms with van der Waals surface area (Å²) in [6, 6.07) is 8.78. The van der Waals surface area contributed by atoms with Gasteiger partial charge in [-0.05, 0) is 29.8 Å². The first-order valence-electron chi connectivity index (χ1n) is 5.82. The average Bonchev–Trinajstić information content (AvgIpc) is 2.45. The number of hydrogen-bond donors (Lipinski definition) is 1. The number of hydrogen-bond acceptors (Lipinski definition) is 4. The normalized spacial score (nSPS) is 11.9. The summed E-state index contributed by atoms with van der Waals surface area (Å²) in [5.74, 6) is 1.37. The average molecular weight is 279 g/mol. The molecule has 1 atom stereocenters. The van der Waals surface area contributed by atoms with Crippen molar-refractivity contribution in [1.82, 2.24) is 4.98 Å². The second kappa shape index (κ2) is 6.41. The van der Waals surface area contributed by atoms with Crippen molar-refractivity contribution in [2.75, 3.05) is 13.7 Å². The molecule has 0 aliphatic carbocycles. The molecule has 1 unspecified atom stereocenters. The van der Waals surface area contributed by atoms with Gasteiger partial charge in [-0.3, -0.25) is 4.98 Å². The summed E-state index contributed by atoms with van der Waals surface area (Å²) in [4.78, 5) is 4.06. The van der Waals surface area contributed by atoms with E-state index in [9.17, 15) is 0 Å². The number of rotatable bonds is 5. The van der Waals surface area contributed by atoms with Crippen LogP contribution in [-0.4, -0.2) is 18.7 Å². The van der Waals surface area contributed by atoms with Crippen LogP contribution in [0.15, 0.2) is 42.7 Å². The van der Waals surface area contributed by atoms with E-state index in [0.29, 0.717) is 23.1 Å². The fourth-order valence-electron chi connectivity index (χ4n) is 1.59. The third-order valence-electron chi connectivity index (χ3n) is 2.62. The van der Waals surface area contributed by atoms with Crippen LogP contribution in [0, 0.1) is 0 Å². The van der Waals surface area contributed by atoms with Crippen molar-refractivity contribution in [3.8, 4) is 11.5 Å². The number of methoxy groups -OCH3 is 1. The van der Waals surface area contributed by atoms with Crippen LogP contribution in [0.2, 0.25) is 5.02 Å². The lowest BCUT2D eigenvalue weighted by Gasteiger charge is -2.14. The van der Waals surface area contributed by atoms with Gasteiger partial charge < -0.3 is 15.2 Å². The Bertz CT molecular complexity index is 548. The zero-order chi connectivity index (χ0) is 13.7. The number of benzene rings is 1. The Balaban J connectivity index is 1.99. The SMILES string of the molecule is COc1cncc(C(N)COc2cccc(Cl)c2)c1. The van der Waals surface area contributed by atoms with Gasteiger partial charge in [0.25, 0.3) is 0 Å². The van der Waals surface area contributed by atoms with Gasteiger partial charge in [0.05, 0.1) is 19.3 Å². The molecule has 0 aliphatic heterocycles. The number of nitrogens with two attached hydrogens (primary N) is 1. The second-order valence-corrected chi connectivity index (χ2v) is 4.47. The largest absolute Gasteiger partial charge is 0.495 e. The topological polar surface area (TPSA) is 57.4 Å². The lowest BCUT2D eigenvalue weighted by atomic mass is 10.1. The smallest absolute Gasteiger partial charge is 0.137 e. The number of ether oxygens (including phenoxy) is 2. The molecule has 0 bridgehead atoms. The molecule has 0 aliphatic rings. The summed E-state index contributed by atoms with van der Waals surface area (Å²) in [5.41, 5.74) is 6.91. The van der Waals surface area contributed by atoms with E-state index in [2.05, 4.69) is 4.98 Å². The molecule has 0 saturated carbocycles. The molecule has 0 saturated heterocycles. The van der Waals surface area contributed by atoms with Crippen LogP contribution in [0.25, 0.3) is 0 Å². The lowest BCUT2D eigenvalue weighted by Crippen LogP contribution is -2.19. The number of aromatic nitrogens is 1. The van der Waals surface area contributed by atoms with Crippen molar-refractivity contribution in [2.24, 2.45) is 5.73 Å². The summed E-state index contributed by atoms with van der Waals surface area (Å²) in [7, 11) is 1.59. The Kier molecular flexibility index (Phi) is 4.60. The first kappa shape index (κ1) is 13.6. The van der Waals surface area contributed by atoms with E-state index >= 15 is 0 Å². The Morgan fingerprint density at radius 1 is 1.26 bits per heavy atom. The van der Waals surface area contributed by atoms with Crippen LogP contribution < -0.4 is 15.2 Å². The van der Waals surface area contributed by atoms with E-state index < -0.39 is 0 Å². The molecular weight excluding hydrogens is 264 g/mol. The molecule has 5 heteroatoms. The van der Waals surface area contributed by atoms with Crippen LogP contribution >= 0.6 is 11.6 Å². The Morgan fingerprint density at radius 3 is 2.84 bits per heavy atom. The van der Waals surface area contributed by atoms with Gasteiger partial charge >= 0.3 is 0 Å². The van der Waals surface area contributed by atoms with Gasteiger partial charge in [0, 0.05) is 11.2 Å². The summed E-state index contributed by atoms with van der Waals surface area (Å²) in [6.07, 6.45) is 3.34. The molecule has 1 aromatic heterocycles. The highest BCUT2D eigenvalue weighted by Gasteiger charge is 2.08. The van der Waals surface area contributed by atoms with Crippen molar-refractivity contribution in [2.45, 2.75) is 6.04 Å². The van der Waals surface area contributed by atoms with E-state index in [1.54, 1.807) is 31.6 Å². The van der Waals surface area contributed by atoms with E-state index in [4.69, 9.17) is 26.8 Å². The van der Waals surface area contributed by atoms with Gasteiger partial charge in [0.2, 0.25) is 0 Å². The molecule has 1 heterocycles. The van der Waals surface area contributed by atoms with E-state index in [-0.39, 0.29) is 6.04 Å². The molecule has 0 fully saturated rings. The minimum absolute atomic E-state index is 0.276. The monoisotopic (exact) mass is 278 g/mol. The van der Waals surface area contributed by atoms with E-state index in [1.807, 2.05) is 18.2 Å². The molecule has 2 rings (SSSR count). The predicted octanol–water partition coefficient (Wildman–Crippen LogP) is 2.82. The van der Waals surface area contributed by atoms with Crippen molar-refractivity contribution in [3.05, 3.63) is 53.3 Å². The molecular formula is C14H15ClN2O2. The zero-order valence-electron chi connectivity index (χ0n) is 10.5. The van der Waals surface area contributed by atoms with Gasteiger partial charge in [0.1, 0.15) is 18.1 Å². The first-order valence-corrected chi connectivity index (χ1v) is 6.19. The quantitative estimate of drug-likeness (QED) is 0.914. The van der Waals surface area contributed by atoms with Crippen LogP contribution in [0.4, 0.5) is 0 Å². The Labute approximate surface area is 117 Å². The van der Waals surface area contributed by atoms with Gasteiger partial charge in [0.15, 0.2) is 0 Å². The highest BCUT2D eigenvalue weighted by Crippen LogP contribution is 2.20. The Hall–Kier alpha value is -1.78. The minimum Gasteiger partial charge on any atom is -0.495 e. The molecule has 19 heavy (non-hydrogen) atoms. The second-order valence-electron chi connectivity index (χ2n) is 4.03. The lowest BCUT2D eigenvalue weighted by molar-refractivity contribution is 0.290. The van der Waals surface area contributed by atoms with E-state index in [0.717, 1.165) is 5.56 Å². The predicted molar refractivity (Wildman–Crippen MR) is 74.7 cm³/mol. The van der Waals surface area contributed by atoms with Crippen molar-refractivity contribution in [1.29, 1.82) is 0 Å². The van der Waals surface area contributed by atoms with Gasteiger partial charge in [-0.2, -0.15) is 0 Å². The summed E-state index contributed by atoms with van der Waals surface area (Å²) < 4.78 is 10.7. The van der Waals surface area contributed by atoms with E-state index in [1.165, 1.54) is 0 Å². The molecule has 0 amide bonds. The third kappa shape index (κ3) is 3.84. The van der Waals surface area contributed by atoms with Crippen molar-refractivity contribution in [3.63, 3.8) is 0 Å². The van der Waals surface area contributed by atoms with Gasteiger partial charge in [-0.1, -0.05) is 17.7 Å². The summed E-state index contributed by atoms with van der Waals surface area (Å²) in [5, 5.41) is 0.633. The molecule has 2 aromatic rings. The minimum atomic E-state index is -0.276. The van der Waals surface area contributed by atoms with Crippen LogP contribution in [0.3, 0.4) is 0 Å². The molecule has 2 N–H and O–H groups in total. The van der Waals surface area contributed by atoms with Crippen LogP contribution in [0.1, 0.15) is 11.6 Å². The maximum Gasteiger partial charge on any atom is 0.137 e. The maximum absolute atomic E-state index is 6.05. The third-order valence-corrected chi connectivity index (χ3v) is 2.86. The van der Waals surface area contributed by atoms with Crippen LogP contribution in [0.5, 0.6) is 11.5 Å². The van der Waals surface area contributed by atoms with Crippen molar-refractivity contribution < 1.29 is 9.47 Å². The number of pyridine rings is 1. The highest BCUT2D eigenvalue weighted by atomic mass is 35.5. The first-order chi connectivity index (χ1) is 9.19. The summed E-state index contributed by atoms with van der Waals surface area (Å²) in [6.45, 7) is 0.342. The fourth-order valence-corrected chi connectivity index (χ4v) is 1.77. The Morgan fingerprint density at radius 2 is 2.11 bits per heavy atom. The molecule has 0 radical (unpaired) electrons. The van der Waals surface area contributed by atoms with Gasteiger partial charge in [-0.25, -0.2) is 0 Å². The van der Waals surface area contributed by atoms with Gasteiger partial charge in [-0.15, -0.1) is 0 Å². The zero-order valence-corrected chi connectivity index (χ0v) is 11.3. The maximum atomic E-state index is 6.05. The molecule has 4 nitrogen and oxygen atoms in total. The standard InChI is InChI=1S/C14H15ClN2O2/c1-18-13-5-10(7-17-8-13)14(16)9-19-12-4-2-3-11(15)6-12/h2-8,14H,9,16H2,1H3.